The van der Waals surface area contributed by atoms with Crippen LogP contribution in [0.4, 0.5) is 0 Å². The highest BCUT2D eigenvalue weighted by atomic mass is 16.5. The molecule has 0 spiro atoms. The summed E-state index contributed by atoms with van der Waals surface area (Å²) >= 11 is 0. The fourth-order valence-corrected chi connectivity index (χ4v) is 4.03. The number of carbonyl (C=O) groups excluding carboxylic acids is 1. The number of para-hydroxylation sites is 1. The SMILES string of the molecule is O=C(/C=C/c1ccccc1)N1CCN(Cc2noc(Cc3c[nH]c4ccccc34)n2)CC1. The molecule has 1 saturated heterocycles. The van der Waals surface area contributed by atoms with Crippen LogP contribution in [0.5, 0.6) is 0 Å². The van der Waals surface area contributed by atoms with E-state index in [1.807, 2.05) is 59.6 Å². The van der Waals surface area contributed by atoms with Crippen LogP contribution in [0.2, 0.25) is 0 Å². The maximum Gasteiger partial charge on any atom is 0.246 e. The minimum absolute atomic E-state index is 0.0501. The van der Waals surface area contributed by atoms with Crippen LogP contribution in [0.1, 0.15) is 22.8 Å². The second-order valence-electron chi connectivity index (χ2n) is 7.99. The van der Waals surface area contributed by atoms with Crippen LogP contribution in [-0.2, 0) is 17.8 Å². The predicted octanol–water partition coefficient (Wildman–Crippen LogP) is 3.50. The average molecular weight is 428 g/mol. The normalized spacial score (nSPS) is 15.1. The molecule has 162 valence electrons. The van der Waals surface area contributed by atoms with Gasteiger partial charge in [0.15, 0.2) is 5.82 Å². The zero-order valence-electron chi connectivity index (χ0n) is 17.8. The molecule has 0 bridgehead atoms. The Morgan fingerprint density at radius 3 is 2.66 bits per heavy atom. The van der Waals surface area contributed by atoms with Gasteiger partial charge in [0, 0.05) is 49.4 Å². The lowest BCUT2D eigenvalue weighted by molar-refractivity contribution is -0.127. The number of nitrogens with zero attached hydrogens (tertiary/aromatic N) is 4. The quantitative estimate of drug-likeness (QED) is 0.477. The number of hydrogen-bond donors (Lipinski definition) is 1. The summed E-state index contributed by atoms with van der Waals surface area (Å²) in [5.41, 5.74) is 3.28. The number of fused-ring (bicyclic) bond motifs is 1. The molecule has 4 aromatic rings. The fraction of sp³-hybridized carbons (Fsp3) is 0.240. The molecule has 3 heterocycles. The van der Waals surface area contributed by atoms with Crippen molar-refractivity contribution in [1.82, 2.24) is 24.9 Å². The minimum Gasteiger partial charge on any atom is -0.361 e. The summed E-state index contributed by atoms with van der Waals surface area (Å²) < 4.78 is 5.49. The maximum absolute atomic E-state index is 12.5. The molecule has 0 aliphatic carbocycles. The zero-order valence-corrected chi connectivity index (χ0v) is 17.8. The molecular weight excluding hydrogens is 402 g/mol. The van der Waals surface area contributed by atoms with Gasteiger partial charge in [0.2, 0.25) is 11.8 Å². The van der Waals surface area contributed by atoms with Gasteiger partial charge in [-0.1, -0.05) is 53.7 Å². The number of H-pyrrole nitrogens is 1. The number of carbonyl (C=O) groups is 1. The lowest BCUT2D eigenvalue weighted by atomic mass is 10.1. The third-order valence-corrected chi connectivity index (χ3v) is 5.79. The Morgan fingerprint density at radius 1 is 1.03 bits per heavy atom. The van der Waals surface area contributed by atoms with E-state index in [0.29, 0.717) is 37.8 Å². The van der Waals surface area contributed by atoms with Crippen molar-refractivity contribution in [2.75, 3.05) is 26.2 Å². The number of benzene rings is 2. The van der Waals surface area contributed by atoms with E-state index >= 15 is 0 Å². The van der Waals surface area contributed by atoms with Crippen molar-refractivity contribution >= 4 is 22.9 Å². The molecule has 0 unspecified atom stereocenters. The second kappa shape index (κ2) is 9.20. The summed E-state index contributed by atoms with van der Waals surface area (Å²) in [5, 5.41) is 5.33. The van der Waals surface area contributed by atoms with E-state index in [4.69, 9.17) is 4.52 Å². The van der Waals surface area contributed by atoms with Gasteiger partial charge in [0.25, 0.3) is 0 Å². The molecule has 0 atom stereocenters. The Labute approximate surface area is 186 Å². The summed E-state index contributed by atoms with van der Waals surface area (Å²) in [6.07, 6.45) is 6.12. The van der Waals surface area contributed by atoms with Crippen LogP contribution < -0.4 is 0 Å². The highest BCUT2D eigenvalue weighted by molar-refractivity contribution is 5.91. The largest absolute Gasteiger partial charge is 0.361 e. The smallest absolute Gasteiger partial charge is 0.246 e. The minimum atomic E-state index is 0.0501. The van der Waals surface area contributed by atoms with Gasteiger partial charge in [-0.05, 0) is 23.3 Å². The molecule has 32 heavy (non-hydrogen) atoms. The second-order valence-corrected chi connectivity index (χ2v) is 7.99. The standard InChI is InChI=1S/C25H25N5O2/c31-25(11-10-19-6-2-1-3-7-19)30-14-12-29(13-15-30)18-23-27-24(32-28-23)16-20-17-26-22-9-5-4-8-21(20)22/h1-11,17,26H,12-16,18H2/b11-10+. The van der Waals surface area contributed by atoms with Crippen molar-refractivity contribution in [2.24, 2.45) is 0 Å². The van der Waals surface area contributed by atoms with Gasteiger partial charge >= 0.3 is 0 Å². The molecule has 1 aliphatic heterocycles. The molecule has 2 aromatic carbocycles. The van der Waals surface area contributed by atoms with E-state index in [9.17, 15) is 4.79 Å². The molecule has 7 nitrogen and oxygen atoms in total. The summed E-state index contributed by atoms with van der Waals surface area (Å²) in [6, 6.07) is 18.1. The van der Waals surface area contributed by atoms with Crippen molar-refractivity contribution < 1.29 is 9.32 Å². The van der Waals surface area contributed by atoms with Crippen LogP contribution in [0.25, 0.3) is 17.0 Å². The van der Waals surface area contributed by atoms with Gasteiger partial charge in [-0.25, -0.2) is 0 Å². The molecule has 2 aromatic heterocycles. The number of rotatable bonds is 6. The van der Waals surface area contributed by atoms with Crippen molar-refractivity contribution in [3.05, 3.63) is 89.7 Å². The number of amides is 1. The van der Waals surface area contributed by atoms with Gasteiger partial charge < -0.3 is 14.4 Å². The molecule has 1 fully saturated rings. The van der Waals surface area contributed by atoms with Crippen LogP contribution >= 0.6 is 0 Å². The number of piperazine rings is 1. The van der Waals surface area contributed by atoms with Crippen LogP contribution in [0.3, 0.4) is 0 Å². The topological polar surface area (TPSA) is 78.3 Å². The van der Waals surface area contributed by atoms with Crippen molar-refractivity contribution in [3.63, 3.8) is 0 Å². The van der Waals surface area contributed by atoms with Crippen LogP contribution in [0.15, 0.2) is 71.4 Å². The highest BCUT2D eigenvalue weighted by Crippen LogP contribution is 2.20. The molecule has 1 N–H and O–H groups in total. The van der Waals surface area contributed by atoms with Crippen molar-refractivity contribution in [2.45, 2.75) is 13.0 Å². The van der Waals surface area contributed by atoms with Gasteiger partial charge in [-0.15, -0.1) is 0 Å². The van der Waals surface area contributed by atoms with Crippen molar-refractivity contribution in [3.8, 4) is 0 Å². The Bertz CT molecular complexity index is 1220. The van der Waals surface area contributed by atoms with Gasteiger partial charge in [0.05, 0.1) is 13.0 Å². The third-order valence-electron chi connectivity index (χ3n) is 5.79. The van der Waals surface area contributed by atoms with E-state index in [1.165, 1.54) is 5.39 Å². The summed E-state index contributed by atoms with van der Waals surface area (Å²) in [4.78, 5) is 24.5. The number of hydrogen-bond acceptors (Lipinski definition) is 5. The lowest BCUT2D eigenvalue weighted by Crippen LogP contribution is -2.47. The first-order valence-electron chi connectivity index (χ1n) is 10.9. The van der Waals surface area contributed by atoms with Gasteiger partial charge in [0.1, 0.15) is 0 Å². The molecular formula is C25H25N5O2. The lowest BCUT2D eigenvalue weighted by Gasteiger charge is -2.33. The van der Waals surface area contributed by atoms with E-state index in [-0.39, 0.29) is 5.91 Å². The number of aromatic amines is 1. The van der Waals surface area contributed by atoms with Crippen LogP contribution in [0, 0.1) is 0 Å². The van der Waals surface area contributed by atoms with Crippen LogP contribution in [-0.4, -0.2) is 57.0 Å². The first-order valence-corrected chi connectivity index (χ1v) is 10.9. The predicted molar refractivity (Wildman–Crippen MR) is 123 cm³/mol. The molecule has 0 saturated carbocycles. The fourth-order valence-electron chi connectivity index (χ4n) is 4.03. The molecule has 1 aliphatic rings. The Balaban J connectivity index is 1.13. The third kappa shape index (κ3) is 4.63. The zero-order chi connectivity index (χ0) is 21.8. The van der Waals surface area contributed by atoms with E-state index in [0.717, 1.165) is 29.7 Å². The summed E-state index contributed by atoms with van der Waals surface area (Å²) in [7, 11) is 0. The molecule has 0 radical (unpaired) electrons. The van der Waals surface area contributed by atoms with Crippen molar-refractivity contribution in [1.29, 1.82) is 0 Å². The Hall–Kier alpha value is -3.71. The first-order chi connectivity index (χ1) is 15.7. The number of nitrogens with one attached hydrogen (secondary N) is 1. The monoisotopic (exact) mass is 427 g/mol. The average Bonchev–Trinajstić information content (AvgIpc) is 3.46. The van der Waals surface area contributed by atoms with E-state index in [1.54, 1.807) is 6.08 Å². The van der Waals surface area contributed by atoms with E-state index < -0.39 is 0 Å². The van der Waals surface area contributed by atoms with E-state index in [2.05, 4.69) is 32.2 Å². The van der Waals surface area contributed by atoms with Gasteiger partial charge in [-0.3, -0.25) is 9.69 Å². The number of aromatic nitrogens is 3. The molecule has 1 amide bonds. The Kier molecular flexibility index (Phi) is 5.81. The molecule has 5 rings (SSSR count). The summed E-state index contributed by atoms with van der Waals surface area (Å²) in [6.45, 7) is 3.59. The van der Waals surface area contributed by atoms with Gasteiger partial charge in [-0.2, -0.15) is 4.98 Å². The Morgan fingerprint density at radius 2 is 1.81 bits per heavy atom. The first kappa shape index (κ1) is 20.2. The highest BCUT2D eigenvalue weighted by Gasteiger charge is 2.21. The summed E-state index contributed by atoms with van der Waals surface area (Å²) in [5.74, 6) is 1.35. The molecule has 7 heteroatoms. The maximum atomic E-state index is 12.5.